The Morgan fingerprint density at radius 2 is 1.66 bits per heavy atom. The third-order valence-electron chi connectivity index (χ3n) is 9.34. The smallest absolute Gasteiger partial charge is 0.355 e. The van der Waals surface area contributed by atoms with Crippen molar-refractivity contribution in [3.63, 3.8) is 0 Å². The quantitative estimate of drug-likeness (QED) is 0.0343. The lowest BCUT2D eigenvalue weighted by molar-refractivity contribution is -0.142. The van der Waals surface area contributed by atoms with E-state index in [1.807, 2.05) is 63.2 Å². The summed E-state index contributed by atoms with van der Waals surface area (Å²) in [5.41, 5.74) is 2.48. The second-order valence-electron chi connectivity index (χ2n) is 14.5. The first kappa shape index (κ1) is 61.7. The van der Waals surface area contributed by atoms with Gasteiger partial charge < -0.3 is 34.0 Å². The van der Waals surface area contributed by atoms with Crippen LogP contribution >= 0.6 is 65.6 Å². The number of nitrogens with one attached hydrogen (secondary N) is 1. The summed E-state index contributed by atoms with van der Waals surface area (Å²) >= 11 is 28.8. The fourth-order valence-corrected chi connectivity index (χ4v) is 7.44. The van der Waals surface area contributed by atoms with Gasteiger partial charge in [-0.25, -0.2) is 13.8 Å². The van der Waals surface area contributed by atoms with E-state index in [9.17, 15) is 41.7 Å². The molecule has 18 nitrogen and oxygen atoms in total. The third kappa shape index (κ3) is 18.6. The fraction of sp³-hybridized carbons (Fsp3) is 0.442. The summed E-state index contributed by atoms with van der Waals surface area (Å²) in [5, 5.41) is 12.6. The van der Waals surface area contributed by atoms with E-state index >= 15 is 0 Å². The van der Waals surface area contributed by atoms with E-state index in [1.165, 1.54) is 6.92 Å². The zero-order chi connectivity index (χ0) is 53.0. The third-order valence-corrected chi connectivity index (χ3v) is 11.3. The first-order chi connectivity index (χ1) is 32.8. The van der Waals surface area contributed by atoms with Gasteiger partial charge >= 0.3 is 31.8 Å². The van der Waals surface area contributed by atoms with E-state index in [-0.39, 0.29) is 70.2 Å². The Balaban J connectivity index is 0.000000337. The van der Waals surface area contributed by atoms with Crippen molar-refractivity contribution in [1.29, 1.82) is 0 Å². The number of ether oxygens (including phenoxy) is 3. The van der Waals surface area contributed by atoms with Crippen molar-refractivity contribution in [3.8, 4) is 11.4 Å². The van der Waals surface area contributed by atoms with Crippen molar-refractivity contribution in [3.05, 3.63) is 98.4 Å². The number of anilines is 2. The number of rotatable bonds is 17. The molecule has 5 rings (SSSR count). The van der Waals surface area contributed by atoms with Gasteiger partial charge in [-0.2, -0.15) is 13.5 Å². The van der Waals surface area contributed by atoms with Gasteiger partial charge in [0.25, 0.3) is 5.91 Å². The number of carboxylic acids is 1. The lowest BCUT2D eigenvalue weighted by atomic mass is 10.0. The van der Waals surface area contributed by atoms with Gasteiger partial charge in [-0.1, -0.05) is 72.1 Å². The van der Waals surface area contributed by atoms with Gasteiger partial charge in [0.05, 0.1) is 36.9 Å². The molecule has 1 aliphatic rings. The Labute approximate surface area is 426 Å². The second-order valence-corrected chi connectivity index (χ2v) is 18.4. The molecular weight excluding hydrogens is 1060 g/mol. The zero-order valence-electron chi connectivity index (χ0n) is 38.6. The summed E-state index contributed by atoms with van der Waals surface area (Å²) in [5.74, 6) is -2.86. The van der Waals surface area contributed by atoms with Gasteiger partial charge in [0.2, 0.25) is 5.91 Å². The van der Waals surface area contributed by atoms with Crippen LogP contribution < -0.4 is 25.5 Å². The molecule has 2 amide bonds. The van der Waals surface area contributed by atoms with Crippen molar-refractivity contribution in [2.45, 2.75) is 77.2 Å². The molecule has 0 saturated carbocycles. The van der Waals surface area contributed by atoms with E-state index in [0.29, 0.717) is 23.6 Å². The summed E-state index contributed by atoms with van der Waals surface area (Å²) in [6, 6.07) is 15.3. The number of amides is 2. The fourth-order valence-electron chi connectivity index (χ4n) is 6.22. The molecule has 70 heavy (non-hydrogen) atoms. The topological polar surface area (TPSA) is 232 Å². The van der Waals surface area contributed by atoms with Crippen LogP contribution in [0.5, 0.6) is 5.75 Å². The average Bonchev–Trinajstić information content (AvgIpc) is 3.60. The van der Waals surface area contributed by atoms with E-state index in [2.05, 4.69) is 17.3 Å². The van der Waals surface area contributed by atoms with Gasteiger partial charge in [-0.15, -0.1) is 28.3 Å². The number of esters is 1. The van der Waals surface area contributed by atoms with Gasteiger partial charge in [0.1, 0.15) is 41.9 Å². The summed E-state index contributed by atoms with van der Waals surface area (Å²) in [6.07, 6.45) is 0.157. The minimum atomic E-state index is -4.10. The first-order valence-corrected chi connectivity index (χ1v) is 24.9. The number of carbonyl (C=O) groups is 4. The number of aromatic nitrogens is 3. The van der Waals surface area contributed by atoms with Crippen LogP contribution in [0, 0.1) is 19.7 Å². The van der Waals surface area contributed by atoms with Gasteiger partial charge in [-0.3, -0.25) is 34.0 Å². The van der Waals surface area contributed by atoms with Crippen LogP contribution in [0.25, 0.3) is 5.69 Å². The van der Waals surface area contributed by atoms with Gasteiger partial charge in [0, 0.05) is 18.1 Å². The summed E-state index contributed by atoms with van der Waals surface area (Å²) < 4.78 is 66.4. The molecule has 2 unspecified atom stereocenters. The Morgan fingerprint density at radius 3 is 2.20 bits per heavy atom. The standard InChI is InChI=1S/C15H14Cl2F3N3O3.C14H20ClNO2.C11H11Cl2NO2.C3H8NO5P/c1-3-26-13(24)10(17)4-8-5-12(11(18)6-9(8)16)23-15(25)22(14(19)20)7(2)21-23;1-4-12-8-6-7-11(3)14(12)16(10-18-5-2)13(17)9-15;1-7-6-16-9-5-3-2-4-8(9)14(7)11(15)10(12)13;5-3(6)1-4-2-10(7,8)9/h5-6,10,14H,3-4H2,1-2H3;6-8H,4-5,9-10H2,1-3H3;2-5,7,10H,6H2,1H3;4H,1-2H2,(H,5,6)(H2,7,8,9). The predicted molar refractivity (Wildman–Crippen MR) is 261 cm³/mol. The molecular formula is C43H53Cl5F3N6O12P. The van der Waals surface area contributed by atoms with Crippen molar-refractivity contribution >= 4 is 101 Å². The van der Waals surface area contributed by atoms with E-state index in [4.69, 9.17) is 87.1 Å². The van der Waals surface area contributed by atoms with Crippen molar-refractivity contribution in [2.75, 3.05) is 55.1 Å². The molecule has 4 aromatic rings. The van der Waals surface area contributed by atoms with E-state index in [1.54, 1.807) is 16.7 Å². The summed E-state index contributed by atoms with van der Waals surface area (Å²) in [6.45, 7) is 8.50. The molecule has 0 bridgehead atoms. The Morgan fingerprint density at radius 1 is 1.00 bits per heavy atom. The predicted octanol–water partition coefficient (Wildman–Crippen LogP) is 7.77. The van der Waals surface area contributed by atoms with Crippen LogP contribution in [0.15, 0.2) is 59.4 Å². The number of para-hydroxylation sites is 3. The maximum Gasteiger partial charge on any atom is 0.355 e. The molecule has 2 atom stereocenters. The van der Waals surface area contributed by atoms with Crippen LogP contribution in [-0.2, 0) is 46.1 Å². The molecule has 4 N–H and O–H groups in total. The molecule has 1 aliphatic heterocycles. The first-order valence-electron chi connectivity index (χ1n) is 20.9. The van der Waals surface area contributed by atoms with E-state index in [0.717, 1.165) is 41.1 Å². The molecule has 0 spiro atoms. The average molecular weight is 1110 g/mol. The van der Waals surface area contributed by atoms with Crippen LogP contribution in [0.3, 0.4) is 0 Å². The Bertz CT molecular complexity index is 2500. The highest BCUT2D eigenvalue weighted by Gasteiger charge is 2.32. The molecule has 27 heteroatoms. The Kier molecular flexibility index (Phi) is 26.3. The Hall–Kier alpha value is -4.41. The number of aryl methyl sites for hydroxylation is 3. The van der Waals surface area contributed by atoms with Crippen molar-refractivity contribution in [2.24, 2.45) is 0 Å². The van der Waals surface area contributed by atoms with Gasteiger partial charge in [-0.05, 0) is 82.0 Å². The number of carboxylic acid groups (broad SMARTS) is 1. The maximum absolute atomic E-state index is 14.2. The highest BCUT2D eigenvalue weighted by Crippen LogP contribution is 2.35. The number of halogens is 8. The molecule has 3 aromatic carbocycles. The molecule has 0 saturated heterocycles. The minimum Gasteiger partial charge on any atom is -0.489 e. The van der Waals surface area contributed by atoms with Gasteiger partial charge in [0.15, 0.2) is 10.7 Å². The van der Waals surface area contributed by atoms with Crippen molar-refractivity contribution in [1.82, 2.24) is 19.7 Å². The van der Waals surface area contributed by atoms with Crippen LogP contribution in [-0.4, -0.2) is 115 Å². The SMILES string of the molecule is CC1COc2ccccc2N1C(=O)C(Cl)Cl.CCOC(=O)C(Cl)Cc1cc(-n2nc(C)n(C(F)F)c2=O)c(F)cc1Cl.CCOCN(C(=O)CCl)c1c(C)cccc1CC.O=C(O)CNCP(=O)(O)O. The molecule has 0 aliphatic carbocycles. The molecule has 0 radical (unpaired) electrons. The number of fused-ring (bicyclic) bond motifs is 1. The molecule has 388 valence electrons. The highest BCUT2D eigenvalue weighted by molar-refractivity contribution is 7.51. The minimum absolute atomic E-state index is 0.0371. The number of hydrogen-bond acceptors (Lipinski definition) is 11. The normalized spacial score (nSPS) is 13.3. The molecule has 1 aromatic heterocycles. The number of hydrogen-bond donors (Lipinski definition) is 4. The number of benzene rings is 3. The number of nitrogens with zero attached hydrogens (tertiary/aromatic N) is 5. The second kappa shape index (κ2) is 29.8. The van der Waals surface area contributed by atoms with Crippen LogP contribution in [0.1, 0.15) is 56.8 Å². The van der Waals surface area contributed by atoms with Crippen LogP contribution in [0.2, 0.25) is 5.02 Å². The largest absolute Gasteiger partial charge is 0.489 e. The number of aliphatic carboxylic acids is 1. The van der Waals surface area contributed by atoms with E-state index < -0.39 is 60.6 Å². The number of carbonyl (C=O) groups excluding carboxylic acids is 3. The molecule has 0 fully saturated rings. The molecule has 2 heterocycles. The van der Waals surface area contributed by atoms with Crippen molar-refractivity contribution < 1.29 is 66.0 Å². The lowest BCUT2D eigenvalue weighted by Gasteiger charge is -2.35. The van der Waals surface area contributed by atoms with Crippen LogP contribution in [0.4, 0.5) is 24.5 Å². The number of alkyl halides is 6. The maximum atomic E-state index is 14.2. The monoisotopic (exact) mass is 1110 g/mol. The summed E-state index contributed by atoms with van der Waals surface area (Å²) in [4.78, 5) is 75.9. The summed E-state index contributed by atoms with van der Waals surface area (Å²) in [7, 11) is -4.10. The lowest BCUT2D eigenvalue weighted by Crippen LogP contribution is -2.47. The zero-order valence-corrected chi connectivity index (χ0v) is 43.3. The highest BCUT2D eigenvalue weighted by atomic mass is 35.5.